The van der Waals surface area contributed by atoms with Crippen LogP contribution in [-0.4, -0.2) is 65.2 Å². The molecule has 0 atom stereocenters. The van der Waals surface area contributed by atoms with Crippen LogP contribution in [0.15, 0.2) is 9.41 Å². The molecule has 0 aromatic carbocycles. The van der Waals surface area contributed by atoms with Gasteiger partial charge in [-0.15, -0.1) is 0 Å². The number of hydrogen-bond donors (Lipinski definition) is 1. The maximum absolute atomic E-state index is 12.4. The summed E-state index contributed by atoms with van der Waals surface area (Å²) in [6.45, 7) is 18.1. The zero-order valence-corrected chi connectivity index (χ0v) is 19.7. The molecule has 0 bridgehead atoms. The SMILES string of the molecule is CCNC(=NCc1nc(C)c(C)o1)N1CCC(CN(CC)C(=O)OC(C)(C)C)CC1. The molecule has 0 spiro atoms. The minimum Gasteiger partial charge on any atom is -0.444 e. The van der Waals surface area contributed by atoms with Crippen molar-refractivity contribution in [3.8, 4) is 0 Å². The van der Waals surface area contributed by atoms with Crippen LogP contribution in [0.1, 0.15) is 64.8 Å². The number of nitrogens with zero attached hydrogens (tertiary/aromatic N) is 4. The number of ether oxygens (including phenoxy) is 1. The number of carbonyl (C=O) groups excluding carboxylic acids is 1. The first kappa shape index (κ1) is 24.0. The van der Waals surface area contributed by atoms with Crippen LogP contribution in [-0.2, 0) is 11.3 Å². The average Bonchev–Trinajstić information content (AvgIpc) is 3.00. The molecule has 1 aromatic heterocycles. The second-order valence-electron chi connectivity index (χ2n) is 8.87. The second kappa shape index (κ2) is 10.7. The molecule has 0 unspecified atom stereocenters. The molecule has 0 saturated carbocycles. The molecule has 0 aliphatic carbocycles. The number of aliphatic imine (C=N–C) groups is 1. The Hall–Kier alpha value is -2.25. The van der Waals surface area contributed by atoms with Crippen molar-refractivity contribution < 1.29 is 13.9 Å². The van der Waals surface area contributed by atoms with E-state index in [9.17, 15) is 4.79 Å². The zero-order chi connectivity index (χ0) is 22.3. The van der Waals surface area contributed by atoms with Crippen molar-refractivity contribution in [3.05, 3.63) is 17.3 Å². The Morgan fingerprint density at radius 3 is 2.47 bits per heavy atom. The highest BCUT2D eigenvalue weighted by Crippen LogP contribution is 2.20. The summed E-state index contributed by atoms with van der Waals surface area (Å²) in [7, 11) is 0. The molecule has 170 valence electrons. The Bertz CT molecular complexity index is 695. The topological polar surface area (TPSA) is 83.2 Å². The predicted octanol–water partition coefficient (Wildman–Crippen LogP) is 3.73. The third kappa shape index (κ3) is 7.22. The van der Waals surface area contributed by atoms with E-state index in [0.29, 0.717) is 24.9 Å². The second-order valence-corrected chi connectivity index (χ2v) is 8.87. The molecule has 2 rings (SSSR count). The van der Waals surface area contributed by atoms with Crippen molar-refractivity contribution >= 4 is 12.1 Å². The molecule has 8 heteroatoms. The van der Waals surface area contributed by atoms with Crippen molar-refractivity contribution in [2.75, 3.05) is 32.7 Å². The summed E-state index contributed by atoms with van der Waals surface area (Å²) >= 11 is 0. The van der Waals surface area contributed by atoms with Gasteiger partial charge in [-0.25, -0.2) is 14.8 Å². The molecular weight excluding hydrogens is 382 g/mol. The Morgan fingerprint density at radius 2 is 1.97 bits per heavy atom. The van der Waals surface area contributed by atoms with Gasteiger partial charge in [0.05, 0.1) is 5.69 Å². The van der Waals surface area contributed by atoms with E-state index in [-0.39, 0.29) is 6.09 Å². The molecule has 0 radical (unpaired) electrons. The van der Waals surface area contributed by atoms with Crippen LogP contribution in [0.5, 0.6) is 0 Å². The van der Waals surface area contributed by atoms with Crippen LogP contribution >= 0.6 is 0 Å². The highest BCUT2D eigenvalue weighted by molar-refractivity contribution is 5.80. The highest BCUT2D eigenvalue weighted by atomic mass is 16.6. The molecule has 1 aromatic rings. The minimum atomic E-state index is -0.467. The lowest BCUT2D eigenvalue weighted by molar-refractivity contribution is 0.0214. The van der Waals surface area contributed by atoms with Crippen molar-refractivity contribution in [2.24, 2.45) is 10.9 Å². The highest BCUT2D eigenvalue weighted by Gasteiger charge is 2.27. The van der Waals surface area contributed by atoms with Crippen molar-refractivity contribution in [2.45, 2.75) is 73.5 Å². The summed E-state index contributed by atoms with van der Waals surface area (Å²) in [5, 5.41) is 3.38. The van der Waals surface area contributed by atoms with E-state index in [1.807, 2.05) is 46.4 Å². The first-order valence-corrected chi connectivity index (χ1v) is 11.1. The van der Waals surface area contributed by atoms with Gasteiger partial charge >= 0.3 is 6.09 Å². The number of guanidine groups is 1. The van der Waals surface area contributed by atoms with Gasteiger partial charge in [0.15, 0.2) is 5.96 Å². The third-order valence-corrected chi connectivity index (χ3v) is 5.20. The van der Waals surface area contributed by atoms with Gasteiger partial charge in [0.25, 0.3) is 0 Å². The Morgan fingerprint density at radius 1 is 1.30 bits per heavy atom. The Kier molecular flexibility index (Phi) is 8.55. The number of aryl methyl sites for hydroxylation is 2. The van der Waals surface area contributed by atoms with E-state index in [1.165, 1.54) is 0 Å². The Labute approximate surface area is 181 Å². The number of aromatic nitrogens is 1. The maximum Gasteiger partial charge on any atom is 0.410 e. The van der Waals surface area contributed by atoms with Crippen LogP contribution < -0.4 is 5.32 Å². The van der Waals surface area contributed by atoms with E-state index in [1.54, 1.807) is 0 Å². The smallest absolute Gasteiger partial charge is 0.410 e. The monoisotopic (exact) mass is 421 g/mol. The van der Waals surface area contributed by atoms with Gasteiger partial charge in [-0.2, -0.15) is 0 Å². The number of likely N-dealkylation sites (tertiary alicyclic amines) is 1. The molecule has 1 amide bonds. The van der Waals surface area contributed by atoms with E-state index in [2.05, 4.69) is 22.1 Å². The van der Waals surface area contributed by atoms with Crippen molar-refractivity contribution in [1.82, 2.24) is 20.1 Å². The summed E-state index contributed by atoms with van der Waals surface area (Å²) in [5.74, 6) is 2.85. The lowest BCUT2D eigenvalue weighted by atomic mass is 9.96. The van der Waals surface area contributed by atoms with Crippen LogP contribution in [0.2, 0.25) is 0 Å². The summed E-state index contributed by atoms with van der Waals surface area (Å²) in [5.41, 5.74) is 0.446. The van der Waals surface area contributed by atoms with Crippen molar-refractivity contribution in [3.63, 3.8) is 0 Å². The largest absolute Gasteiger partial charge is 0.444 e. The number of carbonyl (C=O) groups is 1. The fourth-order valence-corrected chi connectivity index (χ4v) is 3.47. The van der Waals surface area contributed by atoms with Crippen LogP contribution in [0.25, 0.3) is 0 Å². The summed E-state index contributed by atoms with van der Waals surface area (Å²) in [4.78, 5) is 25.7. The van der Waals surface area contributed by atoms with Gasteiger partial charge < -0.3 is 24.3 Å². The predicted molar refractivity (Wildman–Crippen MR) is 119 cm³/mol. The van der Waals surface area contributed by atoms with Gasteiger partial charge in [0.1, 0.15) is 17.9 Å². The van der Waals surface area contributed by atoms with Crippen LogP contribution in [0, 0.1) is 19.8 Å². The van der Waals surface area contributed by atoms with Gasteiger partial charge in [0, 0.05) is 32.7 Å². The van der Waals surface area contributed by atoms with Crippen LogP contribution in [0.3, 0.4) is 0 Å². The molecule has 1 aliphatic heterocycles. The van der Waals surface area contributed by atoms with Gasteiger partial charge in [0.2, 0.25) is 5.89 Å². The van der Waals surface area contributed by atoms with Crippen molar-refractivity contribution in [1.29, 1.82) is 0 Å². The number of oxazole rings is 1. The quantitative estimate of drug-likeness (QED) is 0.557. The summed E-state index contributed by atoms with van der Waals surface area (Å²) in [6.07, 6.45) is 1.81. The van der Waals surface area contributed by atoms with Gasteiger partial charge in [-0.1, -0.05) is 0 Å². The molecule has 8 nitrogen and oxygen atoms in total. The molecule has 1 N–H and O–H groups in total. The lowest BCUT2D eigenvalue weighted by Gasteiger charge is -2.36. The normalized spacial score (nSPS) is 16.0. The van der Waals surface area contributed by atoms with E-state index < -0.39 is 5.60 Å². The molecule has 1 aliphatic rings. The molecule has 1 fully saturated rings. The van der Waals surface area contributed by atoms with Gasteiger partial charge in [-0.05, 0) is 67.2 Å². The first-order chi connectivity index (χ1) is 14.1. The number of amides is 1. The number of hydrogen-bond acceptors (Lipinski definition) is 5. The minimum absolute atomic E-state index is 0.223. The fourth-order valence-electron chi connectivity index (χ4n) is 3.47. The number of piperidine rings is 1. The first-order valence-electron chi connectivity index (χ1n) is 11.1. The average molecular weight is 422 g/mol. The van der Waals surface area contributed by atoms with Gasteiger partial charge in [-0.3, -0.25) is 0 Å². The molecule has 1 saturated heterocycles. The molecule has 2 heterocycles. The summed E-state index contributed by atoms with van der Waals surface area (Å²) in [6, 6.07) is 0. The van der Waals surface area contributed by atoms with Crippen LogP contribution in [0.4, 0.5) is 4.79 Å². The maximum atomic E-state index is 12.4. The summed E-state index contributed by atoms with van der Waals surface area (Å²) < 4.78 is 11.2. The zero-order valence-electron chi connectivity index (χ0n) is 19.7. The number of rotatable bonds is 6. The third-order valence-electron chi connectivity index (χ3n) is 5.20. The standard InChI is InChI=1S/C22H39N5O3/c1-8-23-20(24-14-19-25-16(3)17(4)29-19)27-12-10-18(11-13-27)15-26(9-2)21(28)30-22(5,6)7/h18H,8-15H2,1-7H3,(H,23,24). The van der Waals surface area contributed by atoms with E-state index >= 15 is 0 Å². The molecule has 30 heavy (non-hydrogen) atoms. The Balaban J connectivity index is 1.91. The number of nitrogens with one attached hydrogen (secondary N) is 1. The van der Waals surface area contributed by atoms with E-state index in [4.69, 9.17) is 14.1 Å². The lowest BCUT2D eigenvalue weighted by Crippen LogP contribution is -2.47. The van der Waals surface area contributed by atoms with E-state index in [0.717, 1.165) is 56.4 Å². The fraction of sp³-hybridized carbons (Fsp3) is 0.773. The molecular formula is C22H39N5O3.